The molecule has 0 radical (unpaired) electrons. The molecule has 8 heteroatoms. The molecule has 0 aromatic carbocycles. The van der Waals surface area contributed by atoms with E-state index in [0.29, 0.717) is 30.8 Å². The van der Waals surface area contributed by atoms with Gasteiger partial charge in [-0.25, -0.2) is 0 Å². The van der Waals surface area contributed by atoms with E-state index in [1.807, 2.05) is 29.7 Å². The molecule has 0 aliphatic carbocycles. The molecule has 3 heterocycles. The van der Waals surface area contributed by atoms with E-state index in [1.54, 1.807) is 0 Å². The molecule has 0 saturated carbocycles. The molecule has 0 unspecified atom stereocenters. The smallest absolute Gasteiger partial charge is 0.257 e. The molecule has 1 N–H and O–H groups in total. The lowest BCUT2D eigenvalue weighted by Crippen LogP contribution is -2.50. The summed E-state index contributed by atoms with van der Waals surface area (Å²) in [6.07, 6.45) is 0.563. The first-order chi connectivity index (χ1) is 12.0. The summed E-state index contributed by atoms with van der Waals surface area (Å²) in [6, 6.07) is 1.82. The van der Waals surface area contributed by atoms with Crippen molar-refractivity contribution in [1.82, 2.24) is 20.0 Å². The number of aryl methyl sites for hydroxylation is 2. The number of carbonyl (C=O) groups excluding carboxylic acids is 2. The fourth-order valence-corrected chi connectivity index (χ4v) is 3.51. The van der Waals surface area contributed by atoms with Gasteiger partial charge in [0.25, 0.3) is 5.91 Å². The predicted octanol–water partition coefficient (Wildman–Crippen LogP) is 0.898. The Balaban J connectivity index is 0.00000243. The van der Waals surface area contributed by atoms with Crippen LogP contribution in [-0.2, 0) is 4.79 Å². The number of amides is 2. The first-order valence-corrected chi connectivity index (χ1v) is 9.12. The highest BCUT2D eigenvalue weighted by Gasteiger charge is 2.25. The van der Waals surface area contributed by atoms with Crippen molar-refractivity contribution >= 4 is 24.2 Å². The Kier molecular flexibility index (Phi) is 7.49. The topological polar surface area (TPSA) is 69.0 Å². The van der Waals surface area contributed by atoms with Gasteiger partial charge in [-0.3, -0.25) is 14.5 Å². The van der Waals surface area contributed by atoms with E-state index >= 15 is 0 Å². The second-order valence-electron chi connectivity index (χ2n) is 6.84. The molecule has 2 fully saturated rings. The summed E-state index contributed by atoms with van der Waals surface area (Å²) in [5.74, 6) is 1.74. The summed E-state index contributed by atoms with van der Waals surface area (Å²) in [4.78, 5) is 30.9. The first-order valence-electron chi connectivity index (χ1n) is 9.12. The van der Waals surface area contributed by atoms with Crippen LogP contribution in [0.1, 0.15) is 28.3 Å². The lowest BCUT2D eigenvalue weighted by molar-refractivity contribution is -0.132. The minimum Gasteiger partial charge on any atom is -0.466 e. The van der Waals surface area contributed by atoms with Crippen LogP contribution < -0.4 is 5.32 Å². The molecule has 0 atom stereocenters. The third-order valence-corrected chi connectivity index (χ3v) is 5.04. The maximum atomic E-state index is 12.6. The van der Waals surface area contributed by atoms with Crippen molar-refractivity contribution in [1.29, 1.82) is 0 Å². The van der Waals surface area contributed by atoms with Crippen molar-refractivity contribution in [3.05, 3.63) is 23.2 Å². The Hall–Kier alpha value is -1.57. The summed E-state index contributed by atoms with van der Waals surface area (Å²) in [5, 5.41) is 3.26. The van der Waals surface area contributed by atoms with Gasteiger partial charge < -0.3 is 19.5 Å². The van der Waals surface area contributed by atoms with Crippen LogP contribution in [0.15, 0.2) is 10.5 Å². The van der Waals surface area contributed by atoms with Crippen molar-refractivity contribution in [2.45, 2.75) is 20.3 Å². The van der Waals surface area contributed by atoms with E-state index in [2.05, 4.69) is 10.2 Å². The van der Waals surface area contributed by atoms with E-state index in [9.17, 15) is 9.59 Å². The molecule has 1 aromatic rings. The van der Waals surface area contributed by atoms with E-state index in [-0.39, 0.29) is 24.2 Å². The summed E-state index contributed by atoms with van der Waals surface area (Å²) in [7, 11) is 0. The molecule has 1 aromatic heterocycles. The van der Waals surface area contributed by atoms with Crippen molar-refractivity contribution < 1.29 is 14.0 Å². The highest BCUT2D eigenvalue weighted by Crippen LogP contribution is 2.17. The van der Waals surface area contributed by atoms with Crippen LogP contribution in [0.2, 0.25) is 0 Å². The predicted molar refractivity (Wildman–Crippen MR) is 102 cm³/mol. The van der Waals surface area contributed by atoms with E-state index < -0.39 is 0 Å². The Bertz CT molecular complexity index is 620. The Morgan fingerprint density at radius 3 is 2.27 bits per heavy atom. The number of hydrogen-bond acceptors (Lipinski definition) is 5. The number of nitrogens with zero attached hydrogens (tertiary/aromatic N) is 3. The number of piperazine rings is 2. The number of furan rings is 1. The van der Waals surface area contributed by atoms with Gasteiger partial charge in [0.05, 0.1) is 5.56 Å². The van der Waals surface area contributed by atoms with Gasteiger partial charge in [0.15, 0.2) is 0 Å². The molecular weight excluding hydrogens is 356 g/mol. The first kappa shape index (κ1) is 20.7. The summed E-state index contributed by atoms with van der Waals surface area (Å²) in [5.41, 5.74) is 0.667. The average molecular weight is 385 g/mol. The molecule has 2 amide bonds. The molecule has 2 aliphatic rings. The van der Waals surface area contributed by atoms with Gasteiger partial charge in [-0.05, 0) is 19.9 Å². The molecule has 26 heavy (non-hydrogen) atoms. The molecule has 2 aliphatic heterocycles. The van der Waals surface area contributed by atoms with Gasteiger partial charge in [-0.2, -0.15) is 0 Å². The van der Waals surface area contributed by atoms with Crippen molar-refractivity contribution in [3.63, 3.8) is 0 Å². The average Bonchev–Trinajstić information content (AvgIpc) is 2.98. The van der Waals surface area contributed by atoms with Crippen molar-refractivity contribution in [2.24, 2.45) is 0 Å². The summed E-state index contributed by atoms with van der Waals surface area (Å²) in [6.45, 7) is 10.9. The molecule has 0 bridgehead atoms. The molecule has 2 saturated heterocycles. The Labute approximate surface area is 161 Å². The highest BCUT2D eigenvalue weighted by atomic mass is 35.5. The number of carbonyl (C=O) groups is 2. The standard InChI is InChI=1S/C18H28N4O3.ClH/c1-14-13-16(15(2)25-14)18(24)22-11-9-20(10-12-22)6-3-17(23)21-7-4-19-5-8-21;/h13,19H,3-12H2,1-2H3;1H. The lowest BCUT2D eigenvalue weighted by Gasteiger charge is -2.35. The quantitative estimate of drug-likeness (QED) is 0.835. The Morgan fingerprint density at radius 1 is 1.04 bits per heavy atom. The van der Waals surface area contributed by atoms with Crippen LogP contribution in [0.25, 0.3) is 0 Å². The minimum absolute atomic E-state index is 0. The van der Waals surface area contributed by atoms with Crippen LogP contribution in [0.5, 0.6) is 0 Å². The second kappa shape index (κ2) is 9.39. The Morgan fingerprint density at radius 2 is 1.69 bits per heavy atom. The van der Waals surface area contributed by atoms with Gasteiger partial charge in [-0.1, -0.05) is 0 Å². The normalized spacial score (nSPS) is 18.5. The molecule has 3 rings (SSSR count). The van der Waals surface area contributed by atoms with Gasteiger partial charge in [0.2, 0.25) is 5.91 Å². The zero-order valence-corrected chi connectivity index (χ0v) is 16.4. The second-order valence-corrected chi connectivity index (χ2v) is 6.84. The van der Waals surface area contributed by atoms with E-state index in [1.165, 1.54) is 0 Å². The van der Waals surface area contributed by atoms with Crippen molar-refractivity contribution in [3.8, 4) is 0 Å². The van der Waals surface area contributed by atoms with Crippen LogP contribution in [0, 0.1) is 13.8 Å². The number of nitrogens with one attached hydrogen (secondary N) is 1. The van der Waals surface area contributed by atoms with Crippen molar-refractivity contribution in [2.75, 3.05) is 58.9 Å². The zero-order valence-electron chi connectivity index (χ0n) is 15.6. The van der Waals surface area contributed by atoms with E-state index in [0.717, 1.165) is 51.6 Å². The van der Waals surface area contributed by atoms with Crippen LogP contribution in [0.4, 0.5) is 0 Å². The number of rotatable bonds is 4. The molecule has 7 nitrogen and oxygen atoms in total. The fraction of sp³-hybridized carbons (Fsp3) is 0.667. The third kappa shape index (κ3) is 4.99. The highest BCUT2D eigenvalue weighted by molar-refractivity contribution is 5.95. The van der Waals surface area contributed by atoms with Gasteiger partial charge in [0.1, 0.15) is 11.5 Å². The largest absolute Gasteiger partial charge is 0.466 e. The van der Waals surface area contributed by atoms with E-state index in [4.69, 9.17) is 4.42 Å². The maximum absolute atomic E-state index is 12.6. The summed E-state index contributed by atoms with van der Waals surface area (Å²) >= 11 is 0. The van der Waals surface area contributed by atoms with Crippen LogP contribution >= 0.6 is 12.4 Å². The number of hydrogen-bond donors (Lipinski definition) is 1. The summed E-state index contributed by atoms with van der Waals surface area (Å²) < 4.78 is 5.47. The fourth-order valence-electron chi connectivity index (χ4n) is 3.51. The molecule has 146 valence electrons. The minimum atomic E-state index is 0. The van der Waals surface area contributed by atoms with Gasteiger partial charge in [0, 0.05) is 65.3 Å². The monoisotopic (exact) mass is 384 g/mol. The maximum Gasteiger partial charge on any atom is 0.257 e. The number of halogens is 1. The third-order valence-electron chi connectivity index (χ3n) is 5.04. The van der Waals surface area contributed by atoms with Crippen LogP contribution in [-0.4, -0.2) is 85.4 Å². The zero-order chi connectivity index (χ0) is 17.8. The SMILES string of the molecule is Cc1cc(C(=O)N2CCN(CCC(=O)N3CCNCC3)CC2)c(C)o1.Cl. The molecular formula is C18H29ClN4O3. The van der Waals surface area contributed by atoms with Gasteiger partial charge >= 0.3 is 0 Å². The van der Waals surface area contributed by atoms with Gasteiger partial charge in [-0.15, -0.1) is 12.4 Å². The molecule has 0 spiro atoms. The van der Waals surface area contributed by atoms with Crippen LogP contribution in [0.3, 0.4) is 0 Å². The lowest BCUT2D eigenvalue weighted by atomic mass is 10.2.